The Kier molecular flexibility index (Phi) is 6.83. The number of hydrogen-bond donors (Lipinski definition) is 2. The van der Waals surface area contributed by atoms with Crippen LogP contribution in [-0.2, 0) is 0 Å². The summed E-state index contributed by atoms with van der Waals surface area (Å²) in [4.78, 5) is 12.4. The lowest BCUT2D eigenvalue weighted by atomic mass is 10.2. The van der Waals surface area contributed by atoms with Crippen molar-refractivity contribution in [2.45, 2.75) is 17.7 Å². The van der Waals surface area contributed by atoms with Crippen LogP contribution < -0.4 is 5.32 Å². The molecular weight excluding hydrogens is 358 g/mol. The highest BCUT2D eigenvalue weighted by Gasteiger charge is 2.14. The number of anilines is 1. The number of nitrogens with one attached hydrogen (secondary N) is 1. The summed E-state index contributed by atoms with van der Waals surface area (Å²) < 4.78 is 53.0. The van der Waals surface area contributed by atoms with Gasteiger partial charge in [0, 0.05) is 34.9 Å². The van der Waals surface area contributed by atoms with Crippen molar-refractivity contribution in [2.75, 3.05) is 17.7 Å². The third-order valence-electron chi connectivity index (χ3n) is 3.25. The van der Waals surface area contributed by atoms with Crippen molar-refractivity contribution in [3.63, 3.8) is 0 Å². The van der Waals surface area contributed by atoms with Gasteiger partial charge in [-0.15, -0.1) is 11.8 Å². The van der Waals surface area contributed by atoms with Crippen molar-refractivity contribution >= 4 is 23.4 Å². The lowest BCUT2D eigenvalue weighted by molar-refractivity contribution is 0.102. The molecule has 0 aliphatic carbocycles. The molecule has 0 aromatic heterocycles. The second-order valence-corrected chi connectivity index (χ2v) is 6.27. The SMILES string of the molecule is O=C(Nc1cc(F)c(F)c(F)c1)c1ccc(F)c(SCCCCO)c1. The summed E-state index contributed by atoms with van der Waals surface area (Å²) in [5.41, 5.74) is -0.154. The molecule has 0 radical (unpaired) electrons. The van der Waals surface area contributed by atoms with E-state index in [1.54, 1.807) is 0 Å². The number of halogens is 4. The summed E-state index contributed by atoms with van der Waals surface area (Å²) in [5, 5.41) is 11.0. The Labute approximate surface area is 146 Å². The van der Waals surface area contributed by atoms with Crippen molar-refractivity contribution < 1.29 is 27.5 Å². The summed E-state index contributed by atoms with van der Waals surface area (Å²) in [6, 6.07) is 4.99. The molecule has 0 spiro atoms. The molecule has 3 nitrogen and oxygen atoms in total. The summed E-state index contributed by atoms with van der Waals surface area (Å²) >= 11 is 1.20. The Balaban J connectivity index is 2.11. The van der Waals surface area contributed by atoms with Gasteiger partial charge in [0.15, 0.2) is 17.5 Å². The smallest absolute Gasteiger partial charge is 0.255 e. The molecule has 0 unspecified atom stereocenters. The van der Waals surface area contributed by atoms with E-state index in [9.17, 15) is 22.4 Å². The van der Waals surface area contributed by atoms with Gasteiger partial charge in [-0.05, 0) is 36.8 Å². The fourth-order valence-corrected chi connectivity index (χ4v) is 2.97. The fourth-order valence-electron chi connectivity index (χ4n) is 1.98. The second-order valence-electron chi connectivity index (χ2n) is 5.13. The molecule has 0 saturated carbocycles. The first kappa shape index (κ1) is 19.3. The summed E-state index contributed by atoms with van der Waals surface area (Å²) in [6.07, 6.45) is 1.28. The number of carbonyl (C=O) groups excluding carboxylic acids is 1. The average Bonchev–Trinajstić information content (AvgIpc) is 2.57. The van der Waals surface area contributed by atoms with E-state index in [-0.39, 0.29) is 22.8 Å². The van der Waals surface area contributed by atoms with Gasteiger partial charge in [-0.3, -0.25) is 4.79 Å². The predicted octanol–water partition coefficient (Wildman–Crippen LogP) is 4.36. The first-order valence-electron chi connectivity index (χ1n) is 7.41. The molecule has 2 N–H and O–H groups in total. The minimum absolute atomic E-state index is 0.0519. The molecule has 0 saturated heterocycles. The third kappa shape index (κ3) is 5.20. The third-order valence-corrected chi connectivity index (χ3v) is 4.36. The predicted molar refractivity (Wildman–Crippen MR) is 87.7 cm³/mol. The number of thioether (sulfide) groups is 1. The summed E-state index contributed by atoms with van der Waals surface area (Å²) in [7, 11) is 0. The van der Waals surface area contributed by atoms with E-state index in [0.29, 0.717) is 30.7 Å². The van der Waals surface area contributed by atoms with Gasteiger partial charge in [0.2, 0.25) is 0 Å². The molecule has 0 fully saturated rings. The van der Waals surface area contributed by atoms with Crippen molar-refractivity contribution in [1.82, 2.24) is 0 Å². The van der Waals surface area contributed by atoms with Crippen LogP contribution in [0.15, 0.2) is 35.2 Å². The number of aliphatic hydroxyl groups is 1. The van der Waals surface area contributed by atoms with Gasteiger partial charge in [-0.2, -0.15) is 0 Å². The lowest BCUT2D eigenvalue weighted by Gasteiger charge is -2.09. The zero-order valence-electron chi connectivity index (χ0n) is 13.0. The Hall–Kier alpha value is -2.06. The number of amides is 1. The lowest BCUT2D eigenvalue weighted by Crippen LogP contribution is -2.13. The molecule has 0 atom stereocenters. The molecule has 8 heteroatoms. The number of carbonyl (C=O) groups is 1. The number of hydrogen-bond acceptors (Lipinski definition) is 3. The molecule has 0 aliphatic rings. The molecule has 0 bridgehead atoms. The van der Waals surface area contributed by atoms with Gasteiger partial charge < -0.3 is 10.4 Å². The standard InChI is InChI=1S/C17H15F4NO2S/c18-12-4-3-10(7-15(12)25-6-2-1-5-23)17(24)22-11-8-13(19)16(21)14(20)9-11/h3-4,7-9,23H,1-2,5-6H2,(H,22,24). The number of benzene rings is 2. The van der Waals surface area contributed by atoms with E-state index in [2.05, 4.69) is 5.32 Å². The quantitative estimate of drug-likeness (QED) is 0.328. The van der Waals surface area contributed by atoms with Crippen LogP contribution in [0.4, 0.5) is 23.2 Å². The van der Waals surface area contributed by atoms with Crippen molar-refractivity contribution in [1.29, 1.82) is 0 Å². The normalized spacial score (nSPS) is 10.8. The zero-order valence-corrected chi connectivity index (χ0v) is 13.8. The van der Waals surface area contributed by atoms with Gasteiger partial charge >= 0.3 is 0 Å². The molecule has 2 rings (SSSR count). The molecular formula is C17H15F4NO2S. The molecule has 134 valence electrons. The maximum Gasteiger partial charge on any atom is 0.255 e. The van der Waals surface area contributed by atoms with Crippen LogP contribution in [0, 0.1) is 23.3 Å². The number of unbranched alkanes of at least 4 members (excludes halogenated alkanes) is 1. The van der Waals surface area contributed by atoms with Crippen LogP contribution in [0.5, 0.6) is 0 Å². The largest absolute Gasteiger partial charge is 0.396 e. The summed E-state index contributed by atoms with van der Waals surface area (Å²) in [5.74, 6) is -5.10. The molecule has 2 aromatic carbocycles. The fraction of sp³-hybridized carbons (Fsp3) is 0.235. The zero-order chi connectivity index (χ0) is 18.4. The van der Waals surface area contributed by atoms with Crippen molar-refractivity contribution in [3.8, 4) is 0 Å². The minimum atomic E-state index is -1.62. The van der Waals surface area contributed by atoms with Crippen LogP contribution in [0.1, 0.15) is 23.2 Å². The average molecular weight is 373 g/mol. The highest BCUT2D eigenvalue weighted by molar-refractivity contribution is 7.99. The van der Waals surface area contributed by atoms with E-state index < -0.39 is 29.2 Å². The van der Waals surface area contributed by atoms with Crippen LogP contribution in [0.3, 0.4) is 0 Å². The molecule has 2 aromatic rings. The van der Waals surface area contributed by atoms with E-state index in [1.807, 2.05) is 0 Å². The van der Waals surface area contributed by atoms with E-state index in [1.165, 1.54) is 23.9 Å². The van der Waals surface area contributed by atoms with Crippen molar-refractivity contribution in [3.05, 3.63) is 59.2 Å². The maximum atomic E-state index is 13.8. The second kappa shape index (κ2) is 8.87. The van der Waals surface area contributed by atoms with Crippen LogP contribution in [-0.4, -0.2) is 23.4 Å². The highest BCUT2D eigenvalue weighted by atomic mass is 32.2. The topological polar surface area (TPSA) is 49.3 Å². The van der Waals surface area contributed by atoms with E-state index >= 15 is 0 Å². The first-order chi connectivity index (χ1) is 11.9. The Bertz CT molecular complexity index is 747. The molecule has 1 amide bonds. The maximum absolute atomic E-state index is 13.8. The van der Waals surface area contributed by atoms with Gasteiger partial charge in [0.1, 0.15) is 5.82 Å². The van der Waals surface area contributed by atoms with Gasteiger partial charge in [-0.25, -0.2) is 17.6 Å². The van der Waals surface area contributed by atoms with Gasteiger partial charge in [0.25, 0.3) is 5.91 Å². The minimum Gasteiger partial charge on any atom is -0.396 e. The van der Waals surface area contributed by atoms with Crippen LogP contribution in [0.2, 0.25) is 0 Å². The monoisotopic (exact) mass is 373 g/mol. The molecule has 0 aliphatic heterocycles. The Morgan fingerprint density at radius 1 is 1.00 bits per heavy atom. The Morgan fingerprint density at radius 2 is 1.68 bits per heavy atom. The molecule has 25 heavy (non-hydrogen) atoms. The number of rotatable bonds is 7. The first-order valence-corrected chi connectivity index (χ1v) is 8.40. The van der Waals surface area contributed by atoms with Crippen molar-refractivity contribution in [2.24, 2.45) is 0 Å². The summed E-state index contributed by atoms with van der Waals surface area (Å²) in [6.45, 7) is 0.0519. The number of aliphatic hydroxyl groups excluding tert-OH is 1. The van der Waals surface area contributed by atoms with Crippen LogP contribution >= 0.6 is 11.8 Å². The Morgan fingerprint density at radius 3 is 2.32 bits per heavy atom. The highest BCUT2D eigenvalue weighted by Crippen LogP contribution is 2.25. The van der Waals surface area contributed by atoms with Gasteiger partial charge in [-0.1, -0.05) is 0 Å². The van der Waals surface area contributed by atoms with E-state index in [0.717, 1.165) is 6.07 Å². The van der Waals surface area contributed by atoms with Crippen LogP contribution in [0.25, 0.3) is 0 Å². The molecule has 0 heterocycles. The van der Waals surface area contributed by atoms with Gasteiger partial charge in [0.05, 0.1) is 0 Å². The van der Waals surface area contributed by atoms with E-state index in [4.69, 9.17) is 5.11 Å².